The molecule has 0 aromatic heterocycles. The number of nitrogens with zero attached hydrogens (tertiary/aromatic N) is 2. The number of hydrogen-bond donors (Lipinski definition) is 2. The van der Waals surface area contributed by atoms with E-state index in [9.17, 15) is 29.4 Å². The number of para-hydroxylation sites is 1. The van der Waals surface area contributed by atoms with E-state index in [0.29, 0.717) is 12.0 Å². The molecule has 0 radical (unpaired) electrons. The zero-order valence-electron chi connectivity index (χ0n) is 19.3. The van der Waals surface area contributed by atoms with Crippen molar-refractivity contribution in [3.8, 4) is 0 Å². The molecule has 0 aliphatic carbocycles. The third-order valence-electron chi connectivity index (χ3n) is 6.65. The molecule has 3 aromatic carbocycles. The largest absolute Gasteiger partial charge is 0.394 e. The average molecular weight is 472 g/mol. The summed E-state index contributed by atoms with van der Waals surface area (Å²) in [6, 6.07) is 11.9. The van der Waals surface area contributed by atoms with E-state index in [0.717, 1.165) is 9.80 Å². The van der Waals surface area contributed by atoms with Crippen LogP contribution in [0.2, 0.25) is 0 Å². The lowest BCUT2D eigenvalue weighted by molar-refractivity contribution is 0.0443. The highest BCUT2D eigenvalue weighted by Gasteiger charge is 2.42. The molecule has 8 heteroatoms. The van der Waals surface area contributed by atoms with Crippen LogP contribution in [-0.4, -0.2) is 51.4 Å². The molecule has 0 spiro atoms. The maximum atomic E-state index is 13.5. The van der Waals surface area contributed by atoms with E-state index < -0.39 is 29.7 Å². The van der Waals surface area contributed by atoms with Crippen molar-refractivity contribution in [3.63, 3.8) is 0 Å². The Morgan fingerprint density at radius 3 is 1.66 bits per heavy atom. The van der Waals surface area contributed by atoms with Crippen molar-refractivity contribution in [2.24, 2.45) is 5.92 Å². The first-order valence-corrected chi connectivity index (χ1v) is 11.5. The number of benzene rings is 3. The third kappa shape index (κ3) is 3.29. The van der Waals surface area contributed by atoms with Gasteiger partial charge in [-0.05, 0) is 42.7 Å². The molecule has 1 unspecified atom stereocenters. The Hall–Kier alpha value is -3.88. The summed E-state index contributed by atoms with van der Waals surface area (Å²) >= 11 is 0. The molecular weight excluding hydrogens is 448 g/mol. The lowest BCUT2D eigenvalue weighted by atomic mass is 9.85. The van der Waals surface area contributed by atoms with E-state index in [-0.39, 0.29) is 57.8 Å². The Kier molecular flexibility index (Phi) is 5.50. The lowest BCUT2D eigenvalue weighted by Crippen LogP contribution is -2.49. The summed E-state index contributed by atoms with van der Waals surface area (Å²) in [7, 11) is 0. The van der Waals surface area contributed by atoms with Gasteiger partial charge in [-0.2, -0.15) is 0 Å². The van der Waals surface area contributed by atoms with Crippen molar-refractivity contribution in [3.05, 3.63) is 76.3 Å². The van der Waals surface area contributed by atoms with Crippen LogP contribution in [0.5, 0.6) is 0 Å². The van der Waals surface area contributed by atoms with E-state index in [1.54, 1.807) is 24.3 Å². The average Bonchev–Trinajstić information content (AvgIpc) is 2.85. The molecule has 2 aliphatic rings. The van der Waals surface area contributed by atoms with E-state index in [1.807, 2.05) is 13.8 Å². The molecule has 0 bridgehead atoms. The van der Waals surface area contributed by atoms with Gasteiger partial charge in [0.2, 0.25) is 0 Å². The molecule has 178 valence electrons. The Labute approximate surface area is 201 Å². The summed E-state index contributed by atoms with van der Waals surface area (Å²) < 4.78 is 0. The van der Waals surface area contributed by atoms with Gasteiger partial charge in [-0.1, -0.05) is 32.0 Å². The minimum atomic E-state index is -0.681. The summed E-state index contributed by atoms with van der Waals surface area (Å²) in [5.41, 5.74) is 1.52. The molecule has 2 aliphatic heterocycles. The third-order valence-corrected chi connectivity index (χ3v) is 6.65. The first-order valence-electron chi connectivity index (χ1n) is 11.5. The molecule has 1 atom stereocenters. The van der Waals surface area contributed by atoms with Crippen LogP contribution in [0.4, 0.5) is 5.69 Å². The number of rotatable bonds is 6. The molecule has 8 nitrogen and oxygen atoms in total. The van der Waals surface area contributed by atoms with Crippen LogP contribution < -0.4 is 4.90 Å². The summed E-state index contributed by atoms with van der Waals surface area (Å²) in [5, 5.41) is 20.2. The fourth-order valence-electron chi connectivity index (χ4n) is 5.11. The summed E-state index contributed by atoms with van der Waals surface area (Å²) in [6.45, 7) is 3.17. The lowest BCUT2D eigenvalue weighted by Gasteiger charge is -2.35. The second-order valence-corrected chi connectivity index (χ2v) is 9.25. The number of hydrogen-bond acceptors (Lipinski definition) is 6. The number of aliphatic hydroxyl groups excluding tert-OH is 2. The zero-order chi connectivity index (χ0) is 25.0. The molecular formula is C27H24N2O6. The second-order valence-electron chi connectivity index (χ2n) is 9.25. The van der Waals surface area contributed by atoms with Gasteiger partial charge in [-0.15, -0.1) is 0 Å². The Balaban J connectivity index is 1.69. The van der Waals surface area contributed by atoms with Gasteiger partial charge in [-0.25, -0.2) is 4.90 Å². The van der Waals surface area contributed by atoms with Crippen molar-refractivity contribution in [2.75, 3.05) is 11.5 Å². The number of carbonyl (C=O) groups is 4. The minimum absolute atomic E-state index is 0.146. The van der Waals surface area contributed by atoms with Gasteiger partial charge >= 0.3 is 0 Å². The van der Waals surface area contributed by atoms with E-state index >= 15 is 0 Å². The van der Waals surface area contributed by atoms with Gasteiger partial charge in [0, 0.05) is 38.6 Å². The van der Waals surface area contributed by atoms with E-state index in [2.05, 4.69) is 0 Å². The van der Waals surface area contributed by atoms with Crippen molar-refractivity contribution >= 4 is 40.1 Å². The fraction of sp³-hybridized carbons (Fsp3) is 0.259. The van der Waals surface area contributed by atoms with Gasteiger partial charge in [-0.3, -0.25) is 24.1 Å². The first kappa shape index (κ1) is 22.9. The number of anilines is 1. The van der Waals surface area contributed by atoms with Crippen LogP contribution in [0, 0.1) is 5.92 Å². The predicted octanol–water partition coefficient (Wildman–Crippen LogP) is 3.14. The van der Waals surface area contributed by atoms with Crippen molar-refractivity contribution in [2.45, 2.75) is 32.9 Å². The first-order chi connectivity index (χ1) is 16.8. The molecule has 35 heavy (non-hydrogen) atoms. The normalized spacial score (nSPS) is 16.0. The maximum absolute atomic E-state index is 13.5. The van der Waals surface area contributed by atoms with Gasteiger partial charge in [0.15, 0.2) is 0 Å². The van der Waals surface area contributed by atoms with E-state index in [1.165, 1.54) is 24.3 Å². The highest BCUT2D eigenvalue weighted by Crippen LogP contribution is 2.40. The Bertz CT molecular complexity index is 1360. The molecule has 0 fully saturated rings. The Morgan fingerprint density at radius 1 is 0.714 bits per heavy atom. The van der Waals surface area contributed by atoms with Crippen LogP contribution >= 0.6 is 0 Å². The zero-order valence-corrected chi connectivity index (χ0v) is 19.3. The van der Waals surface area contributed by atoms with Crippen molar-refractivity contribution in [1.82, 2.24) is 4.90 Å². The number of carbonyl (C=O) groups excluding carboxylic acids is 4. The monoisotopic (exact) mass is 472 g/mol. The van der Waals surface area contributed by atoms with Gasteiger partial charge in [0.05, 0.1) is 24.9 Å². The van der Waals surface area contributed by atoms with Crippen LogP contribution in [-0.2, 0) is 6.61 Å². The van der Waals surface area contributed by atoms with Crippen molar-refractivity contribution < 1.29 is 29.4 Å². The molecule has 2 heterocycles. The predicted molar refractivity (Wildman–Crippen MR) is 128 cm³/mol. The molecule has 4 amide bonds. The molecule has 0 saturated heterocycles. The quantitative estimate of drug-likeness (QED) is 0.533. The molecule has 3 aromatic rings. The van der Waals surface area contributed by atoms with Gasteiger partial charge in [0.1, 0.15) is 0 Å². The highest BCUT2D eigenvalue weighted by molar-refractivity contribution is 6.39. The standard InChI is InChI=1S/C27H24N2O6/c1-14(2)11-16(13-31)28-24(32)17-7-9-19-23-20(10-8-18(22(17)23)25(28)33)27(35)29(26(19)34)21-6-4-3-5-15(21)12-30/h3-10,14,16,30-31H,11-13H2,1-2H3. The minimum Gasteiger partial charge on any atom is -0.394 e. The van der Waals surface area contributed by atoms with Crippen LogP contribution in [0.25, 0.3) is 10.8 Å². The second kappa shape index (κ2) is 8.41. The fourth-order valence-corrected chi connectivity index (χ4v) is 5.11. The number of aliphatic hydroxyl groups is 2. The summed E-state index contributed by atoms with van der Waals surface area (Å²) in [5.74, 6) is -2.16. The smallest absolute Gasteiger partial charge is 0.265 e. The number of amides is 4. The summed E-state index contributed by atoms with van der Waals surface area (Å²) in [4.78, 5) is 56.0. The van der Waals surface area contributed by atoms with Crippen LogP contribution in [0.3, 0.4) is 0 Å². The number of imide groups is 2. The summed E-state index contributed by atoms with van der Waals surface area (Å²) in [6.07, 6.45) is 0.443. The molecule has 2 N–H and O–H groups in total. The molecule has 0 saturated carbocycles. The van der Waals surface area contributed by atoms with E-state index in [4.69, 9.17) is 0 Å². The SMILES string of the molecule is CC(C)CC(CO)N1C(=O)c2ccc3c4c(ccc(c24)C1=O)C(=O)N(c1ccccc1CO)C3=O. The topological polar surface area (TPSA) is 115 Å². The maximum Gasteiger partial charge on any atom is 0.265 e. The van der Waals surface area contributed by atoms with Crippen LogP contribution in [0.1, 0.15) is 67.3 Å². The van der Waals surface area contributed by atoms with Crippen LogP contribution in [0.15, 0.2) is 48.5 Å². The molecule has 5 rings (SSSR count). The highest BCUT2D eigenvalue weighted by atomic mass is 16.3. The van der Waals surface area contributed by atoms with Crippen molar-refractivity contribution in [1.29, 1.82) is 0 Å². The van der Waals surface area contributed by atoms with Gasteiger partial charge in [0.25, 0.3) is 23.6 Å². The van der Waals surface area contributed by atoms with Gasteiger partial charge < -0.3 is 10.2 Å². The Morgan fingerprint density at radius 2 is 1.20 bits per heavy atom.